The highest BCUT2D eigenvalue weighted by Gasteiger charge is 2.40. The van der Waals surface area contributed by atoms with Gasteiger partial charge in [0.05, 0.1) is 11.8 Å². The van der Waals surface area contributed by atoms with Crippen molar-refractivity contribution in [2.75, 3.05) is 0 Å². The summed E-state index contributed by atoms with van der Waals surface area (Å²) in [5, 5.41) is 11.7. The Morgan fingerprint density at radius 3 is 2.91 bits per heavy atom. The van der Waals surface area contributed by atoms with E-state index in [9.17, 15) is 14.0 Å². The standard InChI is InChI=1S/C17H16FNO4/c1-9-8-23-14(7-15(20)21)16(9)17(22)19-13-6-12(13)10-3-2-4-11(18)5-10/h2-5,8,12-13H,6-7H2,1H3,(H,19,22)(H,20,21). The van der Waals surface area contributed by atoms with Crippen molar-refractivity contribution in [2.45, 2.75) is 31.7 Å². The number of carboxylic acids is 1. The van der Waals surface area contributed by atoms with Crippen molar-refractivity contribution in [1.29, 1.82) is 0 Å². The van der Waals surface area contributed by atoms with Crippen LogP contribution in [0.15, 0.2) is 34.9 Å². The number of amides is 1. The lowest BCUT2D eigenvalue weighted by molar-refractivity contribution is -0.136. The number of carbonyl (C=O) groups excluding carboxylic acids is 1. The molecule has 1 aliphatic carbocycles. The third kappa shape index (κ3) is 3.26. The van der Waals surface area contributed by atoms with E-state index in [1.165, 1.54) is 18.4 Å². The fourth-order valence-electron chi connectivity index (χ4n) is 2.77. The zero-order chi connectivity index (χ0) is 16.6. The van der Waals surface area contributed by atoms with E-state index in [4.69, 9.17) is 9.52 Å². The first-order valence-electron chi connectivity index (χ1n) is 7.30. The zero-order valence-corrected chi connectivity index (χ0v) is 12.5. The topological polar surface area (TPSA) is 79.5 Å². The number of furan rings is 1. The van der Waals surface area contributed by atoms with Crippen LogP contribution in [0.25, 0.3) is 0 Å². The zero-order valence-electron chi connectivity index (χ0n) is 12.5. The third-order valence-electron chi connectivity index (χ3n) is 3.97. The van der Waals surface area contributed by atoms with Crippen molar-refractivity contribution in [2.24, 2.45) is 0 Å². The first kappa shape index (κ1) is 15.3. The van der Waals surface area contributed by atoms with E-state index in [1.807, 2.05) is 6.07 Å². The van der Waals surface area contributed by atoms with Crippen LogP contribution in [0, 0.1) is 12.7 Å². The van der Waals surface area contributed by atoms with Crippen LogP contribution in [0.5, 0.6) is 0 Å². The fourth-order valence-corrected chi connectivity index (χ4v) is 2.77. The van der Waals surface area contributed by atoms with Crippen LogP contribution in [0.2, 0.25) is 0 Å². The molecule has 5 nitrogen and oxygen atoms in total. The van der Waals surface area contributed by atoms with Crippen LogP contribution in [0.1, 0.15) is 39.6 Å². The van der Waals surface area contributed by atoms with Gasteiger partial charge in [-0.15, -0.1) is 0 Å². The van der Waals surface area contributed by atoms with Gasteiger partial charge in [-0.05, 0) is 31.0 Å². The molecule has 1 aromatic heterocycles. The van der Waals surface area contributed by atoms with Crippen molar-refractivity contribution in [3.8, 4) is 0 Å². The number of carbonyl (C=O) groups is 2. The smallest absolute Gasteiger partial charge is 0.311 e. The van der Waals surface area contributed by atoms with Crippen LogP contribution in [-0.2, 0) is 11.2 Å². The molecule has 2 unspecified atom stereocenters. The summed E-state index contributed by atoms with van der Waals surface area (Å²) in [6, 6.07) is 6.25. The second-order valence-electron chi connectivity index (χ2n) is 5.76. The molecule has 2 aromatic rings. The normalized spacial score (nSPS) is 19.4. The lowest BCUT2D eigenvalue weighted by Gasteiger charge is -2.06. The number of hydrogen-bond acceptors (Lipinski definition) is 3. The summed E-state index contributed by atoms with van der Waals surface area (Å²) in [4.78, 5) is 23.2. The summed E-state index contributed by atoms with van der Waals surface area (Å²) < 4.78 is 18.4. The van der Waals surface area contributed by atoms with Gasteiger partial charge in [-0.25, -0.2) is 4.39 Å². The summed E-state index contributed by atoms with van der Waals surface area (Å²) in [6.07, 6.45) is 1.78. The molecule has 0 aliphatic heterocycles. The van der Waals surface area contributed by atoms with Crippen LogP contribution >= 0.6 is 0 Å². The molecule has 0 bridgehead atoms. The Balaban J connectivity index is 1.69. The molecule has 1 heterocycles. The van der Waals surface area contributed by atoms with Gasteiger partial charge in [-0.1, -0.05) is 12.1 Å². The van der Waals surface area contributed by atoms with Crippen molar-refractivity contribution < 1.29 is 23.5 Å². The minimum atomic E-state index is -1.06. The average molecular weight is 317 g/mol. The molecule has 1 aliphatic rings. The Bertz CT molecular complexity index is 768. The van der Waals surface area contributed by atoms with Gasteiger partial charge in [0.25, 0.3) is 5.91 Å². The van der Waals surface area contributed by atoms with E-state index < -0.39 is 5.97 Å². The molecule has 1 saturated carbocycles. The molecule has 0 radical (unpaired) electrons. The maximum Gasteiger partial charge on any atom is 0.311 e. The third-order valence-corrected chi connectivity index (χ3v) is 3.97. The maximum atomic E-state index is 13.2. The summed E-state index contributed by atoms with van der Waals surface area (Å²) in [7, 11) is 0. The molecule has 1 amide bonds. The monoisotopic (exact) mass is 317 g/mol. The summed E-state index contributed by atoms with van der Waals surface area (Å²) >= 11 is 0. The molecule has 120 valence electrons. The predicted octanol–water partition coefficient (Wildman–Crippen LogP) is 2.64. The number of rotatable bonds is 5. The van der Waals surface area contributed by atoms with Crippen molar-refractivity contribution in [3.63, 3.8) is 0 Å². The van der Waals surface area contributed by atoms with Gasteiger partial charge in [0.2, 0.25) is 0 Å². The second kappa shape index (κ2) is 5.87. The number of aliphatic carboxylic acids is 1. The fraction of sp³-hybridized carbons (Fsp3) is 0.294. The summed E-state index contributed by atoms with van der Waals surface area (Å²) in [5.74, 6) is -1.47. The maximum absolute atomic E-state index is 13.2. The number of benzene rings is 1. The van der Waals surface area contributed by atoms with Gasteiger partial charge in [0.1, 0.15) is 18.0 Å². The molecular formula is C17H16FNO4. The Morgan fingerprint density at radius 1 is 1.43 bits per heavy atom. The highest BCUT2D eigenvalue weighted by molar-refractivity contribution is 5.97. The Morgan fingerprint density at radius 2 is 2.22 bits per heavy atom. The highest BCUT2D eigenvalue weighted by atomic mass is 19.1. The molecule has 3 rings (SSSR count). The quantitative estimate of drug-likeness (QED) is 0.888. The molecule has 1 aromatic carbocycles. The highest BCUT2D eigenvalue weighted by Crippen LogP contribution is 2.41. The van der Waals surface area contributed by atoms with Gasteiger partial charge in [0.15, 0.2) is 0 Å². The molecule has 1 fully saturated rings. The Labute approximate surface area is 132 Å². The van der Waals surface area contributed by atoms with Crippen LogP contribution in [-0.4, -0.2) is 23.0 Å². The van der Waals surface area contributed by atoms with Crippen molar-refractivity contribution >= 4 is 11.9 Å². The van der Waals surface area contributed by atoms with E-state index in [1.54, 1.807) is 13.0 Å². The van der Waals surface area contributed by atoms with Crippen molar-refractivity contribution in [3.05, 3.63) is 58.8 Å². The second-order valence-corrected chi connectivity index (χ2v) is 5.76. The summed E-state index contributed by atoms with van der Waals surface area (Å²) in [6.45, 7) is 1.70. The van der Waals surface area contributed by atoms with Gasteiger partial charge in [0, 0.05) is 17.5 Å². The summed E-state index contributed by atoms with van der Waals surface area (Å²) in [5.41, 5.74) is 1.73. The number of carboxylic acid groups (broad SMARTS) is 1. The first-order valence-corrected chi connectivity index (χ1v) is 7.30. The van der Waals surface area contributed by atoms with Crippen LogP contribution in [0.3, 0.4) is 0 Å². The predicted molar refractivity (Wildman–Crippen MR) is 79.8 cm³/mol. The minimum absolute atomic E-state index is 0.0729. The number of aryl methyl sites for hydroxylation is 1. The SMILES string of the molecule is Cc1coc(CC(=O)O)c1C(=O)NC1CC1c1cccc(F)c1. The Hall–Kier alpha value is -2.63. The van der Waals surface area contributed by atoms with E-state index in [0.29, 0.717) is 5.56 Å². The van der Waals surface area contributed by atoms with E-state index in [2.05, 4.69) is 5.32 Å². The molecule has 23 heavy (non-hydrogen) atoms. The van der Waals surface area contributed by atoms with Crippen molar-refractivity contribution in [1.82, 2.24) is 5.32 Å². The largest absolute Gasteiger partial charge is 0.481 e. The van der Waals surface area contributed by atoms with E-state index in [0.717, 1.165) is 12.0 Å². The molecule has 6 heteroatoms. The lowest BCUT2D eigenvalue weighted by Crippen LogP contribution is -2.28. The number of hydrogen-bond donors (Lipinski definition) is 2. The van der Waals surface area contributed by atoms with Gasteiger partial charge >= 0.3 is 5.97 Å². The molecule has 0 spiro atoms. The number of halogens is 1. The molecular weight excluding hydrogens is 301 g/mol. The van der Waals surface area contributed by atoms with Crippen LogP contribution < -0.4 is 5.32 Å². The Kier molecular flexibility index (Phi) is 3.90. The molecule has 0 saturated heterocycles. The first-order chi connectivity index (χ1) is 11.0. The number of nitrogens with one attached hydrogen (secondary N) is 1. The molecule has 2 atom stereocenters. The lowest BCUT2D eigenvalue weighted by atomic mass is 10.1. The molecule has 2 N–H and O–H groups in total. The van der Waals surface area contributed by atoms with Gasteiger partial charge in [-0.3, -0.25) is 9.59 Å². The van der Waals surface area contributed by atoms with E-state index >= 15 is 0 Å². The average Bonchev–Trinajstić information content (AvgIpc) is 3.14. The van der Waals surface area contributed by atoms with Gasteiger partial charge in [-0.2, -0.15) is 0 Å². The van der Waals surface area contributed by atoms with Crippen LogP contribution in [0.4, 0.5) is 4.39 Å². The minimum Gasteiger partial charge on any atom is -0.481 e. The van der Waals surface area contributed by atoms with Gasteiger partial charge < -0.3 is 14.8 Å². The van der Waals surface area contributed by atoms with E-state index in [-0.39, 0.29) is 41.4 Å².